The molecule has 0 aliphatic heterocycles. The lowest BCUT2D eigenvalue weighted by Crippen LogP contribution is -2.09. The van der Waals surface area contributed by atoms with Gasteiger partial charge >= 0.3 is 0 Å². The molecule has 0 spiro atoms. The Bertz CT molecular complexity index is 639. The number of aromatic nitrogens is 1. The zero-order valence-corrected chi connectivity index (χ0v) is 13.0. The molecule has 0 bridgehead atoms. The van der Waals surface area contributed by atoms with Gasteiger partial charge in [-0.1, -0.05) is 0 Å². The van der Waals surface area contributed by atoms with Gasteiger partial charge < -0.3 is 0 Å². The number of hydrogen-bond donors (Lipinski definition) is 0. The van der Waals surface area contributed by atoms with Crippen molar-refractivity contribution in [2.24, 2.45) is 0 Å². The molecule has 1 rings (SSSR count). The van der Waals surface area contributed by atoms with Gasteiger partial charge in [-0.05, 0) is 27.6 Å². The lowest BCUT2D eigenvalue weighted by atomic mass is 10.2. The minimum Gasteiger partial charge on any atom is -0.264 e. The lowest BCUT2D eigenvalue weighted by Gasteiger charge is -2.08. The summed E-state index contributed by atoms with van der Waals surface area (Å²) in [6, 6.07) is 1.58. The van der Waals surface area contributed by atoms with Crippen molar-refractivity contribution in [2.75, 3.05) is 12.5 Å². The summed E-state index contributed by atoms with van der Waals surface area (Å²) in [7, 11) is -6.83. The quantitative estimate of drug-likeness (QED) is 0.726. The number of nitrogens with zero attached hydrogens (tertiary/aromatic N) is 1. The summed E-state index contributed by atoms with van der Waals surface area (Å²) in [5.74, 6) is -0.220. The van der Waals surface area contributed by atoms with Gasteiger partial charge in [-0.3, -0.25) is 9.17 Å². The van der Waals surface area contributed by atoms with Crippen LogP contribution < -0.4 is 0 Å². The van der Waals surface area contributed by atoms with E-state index in [1.54, 1.807) is 6.07 Å². The molecule has 0 aromatic carbocycles. The highest BCUT2D eigenvalue weighted by atomic mass is 79.9. The number of sulfone groups is 1. The van der Waals surface area contributed by atoms with E-state index >= 15 is 0 Å². The van der Waals surface area contributed by atoms with E-state index in [0.717, 1.165) is 12.5 Å². The van der Waals surface area contributed by atoms with Gasteiger partial charge in [-0.15, -0.1) is 0 Å². The molecule has 1 aromatic rings. The summed E-state index contributed by atoms with van der Waals surface area (Å²) in [6.07, 6.45) is 3.46. The van der Waals surface area contributed by atoms with Gasteiger partial charge in [0.05, 0.1) is 17.7 Å². The van der Waals surface area contributed by atoms with Gasteiger partial charge in [-0.2, -0.15) is 8.42 Å². The summed E-state index contributed by atoms with van der Waals surface area (Å²) < 4.78 is 49.5. The number of pyridine rings is 1. The summed E-state index contributed by atoms with van der Waals surface area (Å²) in [4.78, 5) is 3.96. The molecular formula is C9H12BrNO5S2. The molecule has 1 heterocycles. The highest BCUT2D eigenvalue weighted by Gasteiger charge is 2.13. The molecule has 0 saturated heterocycles. The third-order valence-corrected chi connectivity index (χ3v) is 3.67. The minimum absolute atomic E-state index is 0.220. The monoisotopic (exact) mass is 357 g/mol. The average Bonchev–Trinajstić information content (AvgIpc) is 2.12. The Balaban J connectivity index is 3.04. The summed E-state index contributed by atoms with van der Waals surface area (Å²) in [5.41, 5.74) is 0.699. The van der Waals surface area contributed by atoms with E-state index in [9.17, 15) is 16.8 Å². The van der Waals surface area contributed by atoms with Crippen LogP contribution in [0.3, 0.4) is 0 Å². The molecule has 102 valence electrons. The summed E-state index contributed by atoms with van der Waals surface area (Å²) >= 11 is 3.18. The molecule has 0 fully saturated rings. The SMILES string of the molecule is CS(=O)(=O)Cc1cc(Br)cnc1COS(C)(=O)=O. The molecule has 1 aromatic heterocycles. The van der Waals surface area contributed by atoms with Gasteiger partial charge in [0.1, 0.15) is 6.61 Å². The summed E-state index contributed by atoms with van der Waals surface area (Å²) in [5, 5.41) is 0. The first-order valence-electron chi connectivity index (χ1n) is 4.72. The van der Waals surface area contributed by atoms with Crippen molar-refractivity contribution in [2.45, 2.75) is 12.4 Å². The van der Waals surface area contributed by atoms with Crippen LogP contribution >= 0.6 is 15.9 Å². The maximum Gasteiger partial charge on any atom is 0.264 e. The van der Waals surface area contributed by atoms with Crippen molar-refractivity contribution in [1.82, 2.24) is 4.98 Å². The second-order valence-corrected chi connectivity index (χ2v) is 8.50. The molecule has 18 heavy (non-hydrogen) atoms. The highest BCUT2D eigenvalue weighted by Crippen LogP contribution is 2.17. The summed E-state index contributed by atoms with van der Waals surface area (Å²) in [6.45, 7) is -0.281. The van der Waals surface area contributed by atoms with E-state index in [2.05, 4.69) is 25.1 Å². The smallest absolute Gasteiger partial charge is 0.264 e. The Labute approximate surface area is 115 Å². The van der Waals surface area contributed by atoms with Crippen LogP contribution in [-0.2, 0) is 36.5 Å². The van der Waals surface area contributed by atoms with Crippen LogP contribution in [0, 0.1) is 0 Å². The topological polar surface area (TPSA) is 90.4 Å². The predicted octanol–water partition coefficient (Wildman–Crippen LogP) is 0.865. The Morgan fingerprint density at radius 3 is 2.39 bits per heavy atom. The molecule has 0 unspecified atom stereocenters. The van der Waals surface area contributed by atoms with E-state index in [1.807, 2.05) is 0 Å². The van der Waals surface area contributed by atoms with Gasteiger partial charge in [0, 0.05) is 16.9 Å². The molecule has 0 saturated carbocycles. The van der Waals surface area contributed by atoms with Crippen molar-refractivity contribution >= 4 is 35.9 Å². The van der Waals surface area contributed by atoms with Gasteiger partial charge in [0.15, 0.2) is 9.84 Å². The first kappa shape index (κ1) is 15.5. The highest BCUT2D eigenvalue weighted by molar-refractivity contribution is 9.10. The number of hydrogen-bond acceptors (Lipinski definition) is 6. The van der Waals surface area contributed by atoms with Gasteiger partial charge in [0.2, 0.25) is 0 Å². The first-order valence-corrected chi connectivity index (χ1v) is 9.39. The lowest BCUT2D eigenvalue weighted by molar-refractivity contribution is 0.306. The molecular weight excluding hydrogens is 346 g/mol. The molecule has 0 N–H and O–H groups in total. The largest absolute Gasteiger partial charge is 0.264 e. The van der Waals surface area contributed by atoms with E-state index in [4.69, 9.17) is 0 Å². The average molecular weight is 358 g/mol. The van der Waals surface area contributed by atoms with E-state index < -0.39 is 20.0 Å². The van der Waals surface area contributed by atoms with Gasteiger partial charge in [0.25, 0.3) is 10.1 Å². The van der Waals surface area contributed by atoms with E-state index in [-0.39, 0.29) is 18.1 Å². The van der Waals surface area contributed by atoms with Crippen LogP contribution in [0.25, 0.3) is 0 Å². The van der Waals surface area contributed by atoms with Crippen molar-refractivity contribution in [3.05, 3.63) is 28.0 Å². The van der Waals surface area contributed by atoms with Crippen LogP contribution in [-0.4, -0.2) is 34.3 Å². The normalized spacial score (nSPS) is 12.6. The first-order chi connectivity index (χ1) is 8.07. The number of rotatable bonds is 5. The van der Waals surface area contributed by atoms with Crippen LogP contribution in [0.2, 0.25) is 0 Å². The fraction of sp³-hybridized carbons (Fsp3) is 0.444. The van der Waals surface area contributed by atoms with E-state index in [1.165, 1.54) is 6.20 Å². The zero-order chi connectivity index (χ0) is 14.0. The minimum atomic E-state index is -3.59. The third kappa shape index (κ3) is 5.89. The molecule has 6 nitrogen and oxygen atoms in total. The molecule has 9 heteroatoms. The van der Waals surface area contributed by atoms with Crippen LogP contribution in [0.15, 0.2) is 16.7 Å². The van der Waals surface area contributed by atoms with Crippen molar-refractivity contribution in [3.8, 4) is 0 Å². The Kier molecular flexibility index (Phi) is 4.87. The third-order valence-electron chi connectivity index (χ3n) is 1.85. The van der Waals surface area contributed by atoms with Crippen LogP contribution in [0.4, 0.5) is 0 Å². The molecule has 0 aliphatic carbocycles. The number of halogens is 1. The van der Waals surface area contributed by atoms with Crippen molar-refractivity contribution in [1.29, 1.82) is 0 Å². The molecule has 0 aliphatic rings. The molecule has 0 atom stereocenters. The fourth-order valence-corrected chi connectivity index (χ4v) is 2.73. The fourth-order valence-electron chi connectivity index (χ4n) is 1.21. The molecule has 0 radical (unpaired) electrons. The second-order valence-electron chi connectivity index (χ2n) is 3.80. The Morgan fingerprint density at radius 1 is 1.28 bits per heavy atom. The van der Waals surface area contributed by atoms with Gasteiger partial charge in [-0.25, -0.2) is 8.42 Å². The second kappa shape index (κ2) is 5.64. The van der Waals surface area contributed by atoms with Crippen molar-refractivity contribution < 1.29 is 21.0 Å². The van der Waals surface area contributed by atoms with Crippen LogP contribution in [0.1, 0.15) is 11.3 Å². The van der Waals surface area contributed by atoms with E-state index in [0.29, 0.717) is 10.0 Å². The standard InChI is InChI=1S/C9H12BrNO5S2/c1-17(12,13)6-7-3-8(10)4-11-9(7)5-16-18(2,14)15/h3-4H,5-6H2,1-2H3. The predicted molar refractivity (Wildman–Crippen MR) is 70.1 cm³/mol. The van der Waals surface area contributed by atoms with Crippen molar-refractivity contribution in [3.63, 3.8) is 0 Å². The zero-order valence-electron chi connectivity index (χ0n) is 9.75. The maximum atomic E-state index is 11.3. The Morgan fingerprint density at radius 2 is 1.89 bits per heavy atom. The van der Waals surface area contributed by atoms with Crippen LogP contribution in [0.5, 0.6) is 0 Å². The molecule has 0 amide bonds. The Hall–Kier alpha value is -0.510. The maximum absolute atomic E-state index is 11.3.